The Morgan fingerprint density at radius 1 is 0.966 bits per heavy atom. The van der Waals surface area contributed by atoms with Crippen molar-refractivity contribution < 1.29 is 14.3 Å². The molecule has 7 nitrogen and oxygen atoms in total. The fraction of sp³-hybridized carbons (Fsp3) is 0.227. The molecule has 1 aliphatic rings. The molecule has 0 unspecified atom stereocenters. The number of anilines is 3. The fourth-order valence-electron chi connectivity index (χ4n) is 3.07. The van der Waals surface area contributed by atoms with Crippen LogP contribution in [0.4, 0.5) is 17.2 Å². The number of para-hydroxylation sites is 1. The highest BCUT2D eigenvalue weighted by Gasteiger charge is 2.18. The summed E-state index contributed by atoms with van der Waals surface area (Å²) < 4.78 is 10.6. The van der Waals surface area contributed by atoms with Gasteiger partial charge < -0.3 is 20.1 Å². The number of rotatable bonds is 4. The van der Waals surface area contributed by atoms with Gasteiger partial charge in [-0.1, -0.05) is 39.0 Å². The van der Waals surface area contributed by atoms with E-state index in [1.165, 1.54) is 5.56 Å². The highest BCUT2D eigenvalue weighted by Crippen LogP contribution is 2.34. The van der Waals surface area contributed by atoms with Crippen LogP contribution in [0, 0.1) is 0 Å². The Morgan fingerprint density at radius 2 is 1.76 bits per heavy atom. The number of nitrogens with one attached hydrogen (secondary N) is 2. The first kappa shape index (κ1) is 18.7. The summed E-state index contributed by atoms with van der Waals surface area (Å²) in [5, 5.41) is 14.3. The zero-order valence-electron chi connectivity index (χ0n) is 16.5. The van der Waals surface area contributed by atoms with Gasteiger partial charge in [-0.15, -0.1) is 10.2 Å². The number of nitrogens with zero attached hydrogens (tertiary/aromatic N) is 2. The van der Waals surface area contributed by atoms with Gasteiger partial charge in [0, 0.05) is 17.4 Å². The van der Waals surface area contributed by atoms with Crippen molar-refractivity contribution in [2.75, 3.05) is 17.4 Å². The van der Waals surface area contributed by atoms with Crippen LogP contribution in [0.5, 0.6) is 11.5 Å². The maximum Gasteiger partial charge on any atom is 0.276 e. The molecular weight excluding hydrogens is 368 g/mol. The molecule has 3 aromatic rings. The minimum absolute atomic E-state index is 0.0124. The summed E-state index contributed by atoms with van der Waals surface area (Å²) >= 11 is 0. The number of hydrogen-bond acceptors (Lipinski definition) is 6. The molecule has 0 bridgehead atoms. The number of carbonyl (C=O) groups excluding carboxylic acids is 1. The minimum Gasteiger partial charge on any atom is -0.454 e. The second-order valence-corrected chi connectivity index (χ2v) is 7.75. The van der Waals surface area contributed by atoms with Crippen molar-refractivity contribution in [2.45, 2.75) is 26.2 Å². The van der Waals surface area contributed by atoms with Crippen molar-refractivity contribution in [2.24, 2.45) is 0 Å². The molecule has 0 radical (unpaired) electrons. The van der Waals surface area contributed by atoms with Crippen molar-refractivity contribution in [3.63, 3.8) is 0 Å². The summed E-state index contributed by atoms with van der Waals surface area (Å²) in [4.78, 5) is 12.5. The van der Waals surface area contributed by atoms with Gasteiger partial charge >= 0.3 is 0 Å². The molecular formula is C22H22N4O3. The van der Waals surface area contributed by atoms with Crippen LogP contribution in [0.15, 0.2) is 54.6 Å². The molecule has 0 saturated heterocycles. The Bertz CT molecular complexity index is 1040. The van der Waals surface area contributed by atoms with Gasteiger partial charge in [0.2, 0.25) is 6.79 Å². The molecule has 1 amide bonds. The van der Waals surface area contributed by atoms with Crippen molar-refractivity contribution in [1.82, 2.24) is 10.2 Å². The molecule has 7 heteroatoms. The van der Waals surface area contributed by atoms with Gasteiger partial charge in [0.1, 0.15) is 0 Å². The molecule has 2 heterocycles. The van der Waals surface area contributed by atoms with Crippen LogP contribution in [-0.2, 0) is 5.41 Å². The maximum absolute atomic E-state index is 12.5. The van der Waals surface area contributed by atoms with E-state index < -0.39 is 0 Å². The Labute approximate surface area is 169 Å². The summed E-state index contributed by atoms with van der Waals surface area (Å²) in [5.41, 5.74) is 2.94. The number of benzene rings is 2. The molecule has 2 aromatic carbocycles. The number of hydrogen-bond donors (Lipinski definition) is 2. The third-order valence-corrected chi connectivity index (χ3v) is 4.53. The van der Waals surface area contributed by atoms with Crippen molar-refractivity contribution in [1.29, 1.82) is 0 Å². The lowest BCUT2D eigenvalue weighted by atomic mass is 9.86. The lowest BCUT2D eigenvalue weighted by Gasteiger charge is -2.23. The van der Waals surface area contributed by atoms with Crippen LogP contribution < -0.4 is 20.1 Å². The standard InChI is InChI=1S/C22H22N4O3/c1-22(2,3)15-6-4-5-7-16(15)24-20-11-9-17(25-26-20)21(27)23-14-8-10-18-19(12-14)29-13-28-18/h4-12H,13H2,1-3H3,(H,23,27)(H,24,26). The third-order valence-electron chi connectivity index (χ3n) is 4.53. The Hall–Kier alpha value is -3.61. The Kier molecular flexibility index (Phi) is 4.80. The Morgan fingerprint density at radius 3 is 2.52 bits per heavy atom. The summed E-state index contributed by atoms with van der Waals surface area (Å²) in [6, 6.07) is 16.7. The summed E-state index contributed by atoms with van der Waals surface area (Å²) in [6.07, 6.45) is 0. The van der Waals surface area contributed by atoms with E-state index >= 15 is 0 Å². The van der Waals surface area contributed by atoms with E-state index in [0.29, 0.717) is 23.0 Å². The van der Waals surface area contributed by atoms with E-state index in [4.69, 9.17) is 9.47 Å². The molecule has 0 atom stereocenters. The molecule has 148 valence electrons. The van der Waals surface area contributed by atoms with E-state index in [1.54, 1.807) is 30.3 Å². The average molecular weight is 390 g/mol. The number of ether oxygens (including phenoxy) is 2. The van der Waals surface area contributed by atoms with Gasteiger partial charge in [-0.3, -0.25) is 4.79 Å². The Balaban J connectivity index is 1.46. The van der Waals surface area contributed by atoms with E-state index in [1.807, 2.05) is 18.2 Å². The largest absolute Gasteiger partial charge is 0.454 e. The first-order valence-electron chi connectivity index (χ1n) is 9.31. The molecule has 0 saturated carbocycles. The van der Waals surface area contributed by atoms with Crippen LogP contribution in [0.25, 0.3) is 0 Å². The minimum atomic E-state index is -0.349. The van der Waals surface area contributed by atoms with Gasteiger partial charge in [0.25, 0.3) is 5.91 Å². The number of carbonyl (C=O) groups is 1. The molecule has 2 N–H and O–H groups in total. The summed E-state index contributed by atoms with van der Waals surface area (Å²) in [7, 11) is 0. The van der Waals surface area contributed by atoms with Gasteiger partial charge in [-0.05, 0) is 41.3 Å². The van der Waals surface area contributed by atoms with Crippen molar-refractivity contribution in [3.05, 3.63) is 65.9 Å². The lowest BCUT2D eigenvalue weighted by Crippen LogP contribution is -2.15. The van der Waals surface area contributed by atoms with Crippen LogP contribution in [0.1, 0.15) is 36.8 Å². The molecule has 1 aromatic heterocycles. The lowest BCUT2D eigenvalue weighted by molar-refractivity contribution is 0.102. The predicted molar refractivity (Wildman–Crippen MR) is 111 cm³/mol. The van der Waals surface area contributed by atoms with Crippen LogP contribution in [0.2, 0.25) is 0 Å². The molecule has 0 fully saturated rings. The summed E-state index contributed by atoms with van der Waals surface area (Å²) in [5.74, 6) is 1.49. The van der Waals surface area contributed by atoms with Gasteiger partial charge in [0.05, 0.1) is 0 Å². The summed E-state index contributed by atoms with van der Waals surface area (Å²) in [6.45, 7) is 6.65. The maximum atomic E-state index is 12.5. The van der Waals surface area contributed by atoms with Gasteiger partial charge in [-0.25, -0.2) is 0 Å². The van der Waals surface area contributed by atoms with Crippen LogP contribution in [-0.4, -0.2) is 22.9 Å². The molecule has 0 spiro atoms. The smallest absolute Gasteiger partial charge is 0.276 e. The molecule has 1 aliphatic heterocycles. The molecule has 29 heavy (non-hydrogen) atoms. The van der Waals surface area contributed by atoms with Gasteiger partial charge in [-0.2, -0.15) is 0 Å². The monoisotopic (exact) mass is 390 g/mol. The third kappa shape index (κ3) is 4.13. The van der Waals surface area contributed by atoms with Crippen LogP contribution in [0.3, 0.4) is 0 Å². The first-order chi connectivity index (χ1) is 13.9. The number of amides is 1. The SMILES string of the molecule is CC(C)(C)c1ccccc1Nc1ccc(C(=O)Nc2ccc3c(c2)OCO3)nn1. The topological polar surface area (TPSA) is 85.4 Å². The van der Waals surface area contributed by atoms with E-state index in [9.17, 15) is 4.79 Å². The quantitative estimate of drug-likeness (QED) is 0.682. The average Bonchev–Trinajstić information content (AvgIpc) is 3.16. The van der Waals surface area contributed by atoms with Crippen molar-refractivity contribution >= 4 is 23.1 Å². The highest BCUT2D eigenvalue weighted by molar-refractivity contribution is 6.03. The van der Waals surface area contributed by atoms with E-state index in [-0.39, 0.29) is 23.8 Å². The van der Waals surface area contributed by atoms with E-state index in [0.717, 1.165) is 5.69 Å². The van der Waals surface area contributed by atoms with Crippen molar-refractivity contribution in [3.8, 4) is 11.5 Å². The predicted octanol–water partition coefficient (Wildman–Crippen LogP) is 4.50. The zero-order valence-corrected chi connectivity index (χ0v) is 16.5. The first-order valence-corrected chi connectivity index (χ1v) is 9.31. The fourth-order valence-corrected chi connectivity index (χ4v) is 3.07. The second-order valence-electron chi connectivity index (χ2n) is 7.75. The molecule has 0 aliphatic carbocycles. The molecule has 4 rings (SSSR count). The normalized spacial score (nSPS) is 12.5. The van der Waals surface area contributed by atoms with E-state index in [2.05, 4.69) is 47.7 Å². The van der Waals surface area contributed by atoms with Gasteiger partial charge in [0.15, 0.2) is 23.0 Å². The number of fused-ring (bicyclic) bond motifs is 1. The zero-order chi connectivity index (χ0) is 20.4. The number of aromatic nitrogens is 2. The second kappa shape index (κ2) is 7.43. The van der Waals surface area contributed by atoms with Crippen LogP contribution >= 0.6 is 0 Å². The highest BCUT2D eigenvalue weighted by atomic mass is 16.7.